The number of aliphatic hydroxyl groups is 4. The number of imidazole rings is 1. The molecule has 0 bridgehead atoms. The van der Waals surface area contributed by atoms with Gasteiger partial charge in [-0.3, -0.25) is 0 Å². The third kappa shape index (κ3) is 1.49. The number of hydrogen-bond acceptors (Lipinski definition) is 7. The summed E-state index contributed by atoms with van der Waals surface area (Å²) >= 11 is 5.98. The van der Waals surface area contributed by atoms with E-state index in [1.54, 1.807) is 4.57 Å². The minimum absolute atomic E-state index is 0.171. The number of rotatable bonds is 3. The molecule has 2 aromatic rings. The number of aromatic nitrogens is 4. The molecule has 2 saturated carbocycles. The van der Waals surface area contributed by atoms with Crippen LogP contribution in [0.1, 0.15) is 12.5 Å². The van der Waals surface area contributed by atoms with Crippen molar-refractivity contribution >= 4 is 22.8 Å². The molecule has 118 valence electrons. The third-order valence-electron chi connectivity index (χ3n) is 5.25. The van der Waals surface area contributed by atoms with E-state index in [-0.39, 0.29) is 17.7 Å². The first-order valence-corrected chi connectivity index (χ1v) is 7.32. The zero-order chi connectivity index (χ0) is 15.7. The van der Waals surface area contributed by atoms with Gasteiger partial charge in [0.1, 0.15) is 17.4 Å². The molecule has 2 heterocycles. The molecule has 0 radical (unpaired) electrons. The van der Waals surface area contributed by atoms with Gasteiger partial charge in [-0.15, -0.1) is 0 Å². The Hall–Kier alpha value is -1.32. The molecule has 0 aromatic carbocycles. The van der Waals surface area contributed by atoms with Gasteiger partial charge in [0.25, 0.3) is 0 Å². The highest BCUT2D eigenvalue weighted by atomic mass is 35.5. The zero-order valence-corrected chi connectivity index (χ0v) is 12.2. The fourth-order valence-corrected chi connectivity index (χ4v) is 4.19. The van der Waals surface area contributed by atoms with Crippen LogP contribution >= 0.6 is 11.6 Å². The molecule has 0 amide bonds. The summed E-state index contributed by atoms with van der Waals surface area (Å²) in [5.74, 6) is -0.171. The lowest BCUT2D eigenvalue weighted by Gasteiger charge is -2.35. The van der Waals surface area contributed by atoms with Gasteiger partial charge in [0.05, 0.1) is 31.7 Å². The van der Waals surface area contributed by atoms with Crippen LogP contribution in [0.4, 0.5) is 0 Å². The third-order valence-corrected chi connectivity index (χ3v) is 5.53. The molecular formula is C13H15ClN4O4. The summed E-state index contributed by atoms with van der Waals surface area (Å²) in [4.78, 5) is 12.2. The summed E-state index contributed by atoms with van der Waals surface area (Å²) in [5.41, 5.74) is -1.74. The summed E-state index contributed by atoms with van der Waals surface area (Å²) in [7, 11) is 0. The summed E-state index contributed by atoms with van der Waals surface area (Å²) in [6.45, 7) is -0.879. The van der Waals surface area contributed by atoms with Gasteiger partial charge in [0.15, 0.2) is 10.8 Å². The van der Waals surface area contributed by atoms with Crippen molar-refractivity contribution in [2.75, 3.05) is 13.2 Å². The molecule has 2 aliphatic rings. The van der Waals surface area contributed by atoms with E-state index in [9.17, 15) is 20.4 Å². The second-order valence-electron chi connectivity index (χ2n) is 6.19. The standard InChI is InChI=1S/C13H15ClN4O4/c14-9-7-10(16-4-15-9)18(5-17-7)8-6-1-12(6,2-19)11(21)13(8,22)3-20/h4-6,8,11,19-22H,1-3H2/t6-,8+,11+,12-,13-/m0/s1. The highest BCUT2D eigenvalue weighted by Gasteiger charge is 2.76. The molecule has 4 rings (SSSR count). The van der Waals surface area contributed by atoms with Gasteiger partial charge < -0.3 is 25.0 Å². The van der Waals surface area contributed by atoms with Crippen molar-refractivity contribution in [1.29, 1.82) is 0 Å². The highest BCUT2D eigenvalue weighted by Crippen LogP contribution is 2.70. The normalized spacial score (nSPS) is 40.1. The number of fused-ring (bicyclic) bond motifs is 2. The summed E-state index contributed by atoms with van der Waals surface area (Å²) in [6, 6.07) is -0.643. The zero-order valence-electron chi connectivity index (χ0n) is 11.5. The molecule has 22 heavy (non-hydrogen) atoms. The second-order valence-corrected chi connectivity index (χ2v) is 6.55. The largest absolute Gasteiger partial charge is 0.396 e. The van der Waals surface area contributed by atoms with Crippen molar-refractivity contribution in [2.24, 2.45) is 11.3 Å². The number of halogens is 1. The summed E-state index contributed by atoms with van der Waals surface area (Å²) in [6.07, 6.45) is 2.10. The van der Waals surface area contributed by atoms with E-state index in [1.807, 2.05) is 0 Å². The average molecular weight is 327 g/mol. The predicted octanol–water partition coefficient (Wildman–Crippen LogP) is -0.883. The van der Waals surface area contributed by atoms with Gasteiger partial charge in [0.2, 0.25) is 0 Å². The summed E-state index contributed by atoms with van der Waals surface area (Å²) in [5, 5.41) is 40.7. The van der Waals surface area contributed by atoms with Gasteiger partial charge in [-0.05, 0) is 12.3 Å². The molecule has 8 nitrogen and oxygen atoms in total. The first kappa shape index (κ1) is 14.3. The molecule has 0 spiro atoms. The first-order valence-electron chi connectivity index (χ1n) is 6.95. The van der Waals surface area contributed by atoms with Gasteiger partial charge >= 0.3 is 0 Å². The Morgan fingerprint density at radius 1 is 1.27 bits per heavy atom. The Morgan fingerprint density at radius 2 is 2.05 bits per heavy atom. The van der Waals surface area contributed by atoms with E-state index in [0.717, 1.165) is 0 Å². The lowest BCUT2D eigenvalue weighted by atomic mass is 9.88. The minimum Gasteiger partial charge on any atom is -0.396 e. The lowest BCUT2D eigenvalue weighted by Crippen LogP contribution is -2.52. The molecule has 2 fully saturated rings. The SMILES string of the molecule is OC[C@]1(O)[C@H](n2cnc3c(Cl)ncnc32)[C@@H]2C[C@@]2(CO)[C@H]1O. The molecule has 9 heteroatoms. The van der Waals surface area contributed by atoms with Crippen molar-refractivity contribution < 1.29 is 20.4 Å². The molecule has 0 saturated heterocycles. The van der Waals surface area contributed by atoms with Crippen LogP contribution in [0.2, 0.25) is 5.15 Å². The number of nitrogens with zero attached hydrogens (tertiary/aromatic N) is 4. The van der Waals surface area contributed by atoms with Crippen LogP contribution in [0.3, 0.4) is 0 Å². The Balaban J connectivity index is 1.89. The van der Waals surface area contributed by atoms with Gasteiger partial charge in [-0.1, -0.05) is 11.6 Å². The molecular weight excluding hydrogens is 312 g/mol. The van der Waals surface area contributed by atoms with Crippen molar-refractivity contribution in [2.45, 2.75) is 24.2 Å². The Kier molecular flexibility index (Phi) is 2.83. The Bertz CT molecular complexity index is 755. The summed E-state index contributed by atoms with van der Waals surface area (Å²) < 4.78 is 1.61. The van der Waals surface area contributed by atoms with Gasteiger partial charge in [-0.2, -0.15) is 0 Å². The fourth-order valence-electron chi connectivity index (χ4n) is 4.01. The second kappa shape index (κ2) is 4.36. The van der Waals surface area contributed by atoms with Crippen LogP contribution in [0.15, 0.2) is 12.7 Å². The van der Waals surface area contributed by atoms with E-state index >= 15 is 0 Å². The Labute approximate surface area is 130 Å². The maximum Gasteiger partial charge on any atom is 0.165 e. The number of aliphatic hydroxyl groups excluding tert-OH is 3. The van der Waals surface area contributed by atoms with Crippen LogP contribution in [-0.4, -0.2) is 64.9 Å². The van der Waals surface area contributed by atoms with E-state index in [0.29, 0.717) is 17.6 Å². The minimum atomic E-state index is -1.77. The van der Waals surface area contributed by atoms with E-state index < -0.39 is 29.8 Å². The van der Waals surface area contributed by atoms with Crippen LogP contribution in [-0.2, 0) is 0 Å². The molecule has 0 aliphatic heterocycles. The van der Waals surface area contributed by atoms with Crippen molar-refractivity contribution in [1.82, 2.24) is 19.5 Å². The maximum absolute atomic E-state index is 10.8. The highest BCUT2D eigenvalue weighted by molar-refractivity contribution is 6.33. The molecule has 5 atom stereocenters. The van der Waals surface area contributed by atoms with Crippen LogP contribution in [0.5, 0.6) is 0 Å². The predicted molar refractivity (Wildman–Crippen MR) is 75.0 cm³/mol. The van der Waals surface area contributed by atoms with Crippen molar-refractivity contribution in [3.63, 3.8) is 0 Å². The number of hydrogen-bond donors (Lipinski definition) is 4. The lowest BCUT2D eigenvalue weighted by molar-refractivity contribution is -0.136. The van der Waals surface area contributed by atoms with E-state index in [2.05, 4.69) is 15.0 Å². The average Bonchev–Trinajstić information content (AvgIpc) is 3.04. The van der Waals surface area contributed by atoms with Crippen LogP contribution in [0.25, 0.3) is 11.2 Å². The molecule has 2 aliphatic carbocycles. The van der Waals surface area contributed by atoms with Crippen LogP contribution < -0.4 is 0 Å². The Morgan fingerprint density at radius 3 is 2.73 bits per heavy atom. The van der Waals surface area contributed by atoms with Crippen molar-refractivity contribution in [3.8, 4) is 0 Å². The molecule has 4 N–H and O–H groups in total. The van der Waals surface area contributed by atoms with Gasteiger partial charge in [-0.25, -0.2) is 15.0 Å². The monoisotopic (exact) mass is 326 g/mol. The maximum atomic E-state index is 10.8. The topological polar surface area (TPSA) is 125 Å². The fraction of sp³-hybridized carbons (Fsp3) is 0.615. The van der Waals surface area contributed by atoms with E-state index in [4.69, 9.17) is 11.6 Å². The van der Waals surface area contributed by atoms with E-state index in [1.165, 1.54) is 12.7 Å². The molecule has 2 aromatic heterocycles. The van der Waals surface area contributed by atoms with Crippen LogP contribution in [0, 0.1) is 11.3 Å². The molecule has 0 unspecified atom stereocenters. The first-order chi connectivity index (χ1) is 10.5. The van der Waals surface area contributed by atoms with Gasteiger partial charge in [0, 0.05) is 5.41 Å². The quantitative estimate of drug-likeness (QED) is 0.540. The smallest absolute Gasteiger partial charge is 0.165 e. The van der Waals surface area contributed by atoms with Crippen molar-refractivity contribution in [3.05, 3.63) is 17.8 Å².